The highest BCUT2D eigenvalue weighted by Crippen LogP contribution is 2.11. The zero-order chi connectivity index (χ0) is 13.0. The van der Waals surface area contributed by atoms with E-state index in [-0.39, 0.29) is 6.03 Å². The quantitative estimate of drug-likeness (QED) is 0.784. The number of nitriles is 1. The number of amides is 2. The zero-order valence-corrected chi connectivity index (χ0v) is 10.3. The molecule has 1 fully saturated rings. The largest absolute Gasteiger partial charge is 0.322 e. The molecule has 1 aromatic rings. The third-order valence-electron chi connectivity index (χ3n) is 2.90. The summed E-state index contributed by atoms with van der Waals surface area (Å²) in [6.07, 6.45) is 0. The fourth-order valence-electron chi connectivity index (χ4n) is 1.99. The summed E-state index contributed by atoms with van der Waals surface area (Å²) in [5.74, 6) is 0. The van der Waals surface area contributed by atoms with Crippen LogP contribution in [0.5, 0.6) is 0 Å². The maximum atomic E-state index is 12.0. The topological polar surface area (TPSA) is 68.2 Å². The summed E-state index contributed by atoms with van der Waals surface area (Å²) in [6, 6.07) is 9.18. The van der Waals surface area contributed by atoms with Crippen LogP contribution in [-0.4, -0.2) is 36.6 Å². The molecule has 94 valence electrons. The highest BCUT2D eigenvalue weighted by atomic mass is 16.2. The lowest BCUT2D eigenvalue weighted by atomic mass is 10.2. The first kappa shape index (κ1) is 12.4. The Labute approximate surface area is 106 Å². The number of nitrogens with one attached hydrogen (secondary N) is 2. The summed E-state index contributed by atoms with van der Waals surface area (Å²) in [5.41, 5.74) is 1.20. The van der Waals surface area contributed by atoms with E-state index in [9.17, 15) is 4.79 Å². The van der Waals surface area contributed by atoms with Gasteiger partial charge < -0.3 is 15.5 Å². The van der Waals surface area contributed by atoms with Gasteiger partial charge in [0.15, 0.2) is 0 Å². The molecule has 1 aliphatic rings. The van der Waals surface area contributed by atoms with Gasteiger partial charge in [-0.25, -0.2) is 4.79 Å². The van der Waals surface area contributed by atoms with Crippen LogP contribution in [0.2, 0.25) is 0 Å². The van der Waals surface area contributed by atoms with Gasteiger partial charge >= 0.3 is 6.03 Å². The number of nitrogens with zero attached hydrogens (tertiary/aromatic N) is 2. The van der Waals surface area contributed by atoms with Gasteiger partial charge in [-0.2, -0.15) is 5.26 Å². The van der Waals surface area contributed by atoms with E-state index >= 15 is 0 Å². The Kier molecular flexibility index (Phi) is 3.80. The van der Waals surface area contributed by atoms with Crippen molar-refractivity contribution < 1.29 is 4.79 Å². The van der Waals surface area contributed by atoms with Crippen molar-refractivity contribution in [1.29, 1.82) is 5.26 Å². The monoisotopic (exact) mass is 244 g/mol. The Morgan fingerprint density at radius 2 is 2.44 bits per heavy atom. The van der Waals surface area contributed by atoms with E-state index in [1.165, 1.54) is 0 Å². The normalized spacial score (nSPS) is 19.1. The number of anilines is 1. The molecular formula is C13H16N4O. The first-order valence-electron chi connectivity index (χ1n) is 5.98. The van der Waals surface area contributed by atoms with Crippen molar-refractivity contribution in [3.8, 4) is 6.07 Å². The van der Waals surface area contributed by atoms with Gasteiger partial charge in [0.25, 0.3) is 0 Å². The zero-order valence-electron chi connectivity index (χ0n) is 10.3. The number of urea groups is 1. The van der Waals surface area contributed by atoms with E-state index < -0.39 is 0 Å². The highest BCUT2D eigenvalue weighted by Gasteiger charge is 2.20. The average molecular weight is 244 g/mol. The molecule has 0 radical (unpaired) electrons. The van der Waals surface area contributed by atoms with E-state index in [1.807, 2.05) is 0 Å². The van der Waals surface area contributed by atoms with Crippen LogP contribution in [0, 0.1) is 11.3 Å². The van der Waals surface area contributed by atoms with Crippen molar-refractivity contribution in [3.63, 3.8) is 0 Å². The minimum absolute atomic E-state index is 0.113. The smallest absolute Gasteiger partial charge is 0.321 e. The molecule has 1 heterocycles. The van der Waals surface area contributed by atoms with Gasteiger partial charge in [0, 0.05) is 31.4 Å². The van der Waals surface area contributed by atoms with Gasteiger partial charge in [0.2, 0.25) is 0 Å². The Morgan fingerprint density at radius 1 is 1.61 bits per heavy atom. The molecule has 1 aromatic carbocycles. The van der Waals surface area contributed by atoms with Crippen LogP contribution in [0.4, 0.5) is 10.5 Å². The second kappa shape index (κ2) is 5.52. The highest BCUT2D eigenvalue weighted by molar-refractivity contribution is 5.89. The van der Waals surface area contributed by atoms with Crippen molar-refractivity contribution in [2.75, 3.05) is 25.0 Å². The van der Waals surface area contributed by atoms with Gasteiger partial charge in [-0.15, -0.1) is 0 Å². The lowest BCUT2D eigenvalue weighted by Gasteiger charge is -2.31. The average Bonchev–Trinajstić information content (AvgIpc) is 2.39. The fraction of sp³-hybridized carbons (Fsp3) is 0.385. The third kappa shape index (κ3) is 2.99. The molecule has 2 rings (SSSR count). The molecule has 0 bridgehead atoms. The summed E-state index contributed by atoms with van der Waals surface area (Å²) >= 11 is 0. The Hall–Kier alpha value is -2.06. The van der Waals surface area contributed by atoms with Gasteiger partial charge in [-0.3, -0.25) is 0 Å². The Balaban J connectivity index is 2.00. The Bertz CT molecular complexity index is 480. The van der Waals surface area contributed by atoms with Crippen LogP contribution in [-0.2, 0) is 0 Å². The van der Waals surface area contributed by atoms with Crippen molar-refractivity contribution in [1.82, 2.24) is 10.2 Å². The minimum atomic E-state index is -0.113. The first-order chi connectivity index (χ1) is 8.69. The molecule has 0 aliphatic carbocycles. The van der Waals surface area contributed by atoms with Crippen LogP contribution in [0.1, 0.15) is 12.5 Å². The van der Waals surface area contributed by atoms with Crippen molar-refractivity contribution in [3.05, 3.63) is 29.8 Å². The molecule has 0 spiro atoms. The standard InChI is InChI=1S/C13H16N4O/c1-10-9-17(6-5-15-10)13(18)16-12-4-2-3-11(7-12)8-14/h2-4,7,10,15H,5-6,9H2,1H3,(H,16,18). The number of hydrogen-bond acceptors (Lipinski definition) is 3. The van der Waals surface area contributed by atoms with E-state index in [4.69, 9.17) is 5.26 Å². The number of rotatable bonds is 1. The molecule has 0 aromatic heterocycles. The summed E-state index contributed by atoms with van der Waals surface area (Å²) < 4.78 is 0. The molecule has 5 heteroatoms. The van der Waals surface area contributed by atoms with Gasteiger partial charge in [0.1, 0.15) is 0 Å². The van der Waals surface area contributed by atoms with Crippen LogP contribution in [0.3, 0.4) is 0 Å². The van der Waals surface area contributed by atoms with E-state index in [2.05, 4.69) is 23.6 Å². The second-order valence-electron chi connectivity index (χ2n) is 4.42. The number of benzene rings is 1. The van der Waals surface area contributed by atoms with Crippen molar-refractivity contribution in [2.24, 2.45) is 0 Å². The number of carbonyl (C=O) groups excluding carboxylic acids is 1. The van der Waals surface area contributed by atoms with E-state index in [1.54, 1.807) is 29.2 Å². The predicted octanol–water partition coefficient (Wildman–Crippen LogP) is 1.38. The number of hydrogen-bond donors (Lipinski definition) is 2. The molecule has 5 nitrogen and oxygen atoms in total. The van der Waals surface area contributed by atoms with Crippen LogP contribution in [0.15, 0.2) is 24.3 Å². The summed E-state index contributed by atoms with van der Waals surface area (Å²) in [7, 11) is 0. The number of piperazine rings is 1. The van der Waals surface area contributed by atoms with Crippen molar-refractivity contribution >= 4 is 11.7 Å². The lowest BCUT2D eigenvalue weighted by molar-refractivity contribution is 0.192. The second-order valence-corrected chi connectivity index (χ2v) is 4.42. The molecule has 1 saturated heterocycles. The molecule has 1 atom stereocenters. The van der Waals surface area contributed by atoms with Crippen molar-refractivity contribution in [2.45, 2.75) is 13.0 Å². The molecule has 1 aliphatic heterocycles. The lowest BCUT2D eigenvalue weighted by Crippen LogP contribution is -2.52. The van der Waals surface area contributed by atoms with Gasteiger partial charge in [0.05, 0.1) is 11.6 Å². The predicted molar refractivity (Wildman–Crippen MR) is 69.2 cm³/mol. The molecule has 2 N–H and O–H groups in total. The molecule has 1 unspecified atom stereocenters. The fourth-order valence-corrected chi connectivity index (χ4v) is 1.99. The summed E-state index contributed by atoms with van der Waals surface area (Å²) in [4.78, 5) is 13.8. The minimum Gasteiger partial charge on any atom is -0.322 e. The SMILES string of the molecule is CC1CN(C(=O)Nc2cccc(C#N)c2)CCN1. The third-order valence-corrected chi connectivity index (χ3v) is 2.90. The first-order valence-corrected chi connectivity index (χ1v) is 5.98. The van der Waals surface area contributed by atoms with Crippen LogP contribution in [0.25, 0.3) is 0 Å². The Morgan fingerprint density at radius 3 is 3.17 bits per heavy atom. The molecular weight excluding hydrogens is 228 g/mol. The molecule has 0 saturated carbocycles. The maximum Gasteiger partial charge on any atom is 0.321 e. The summed E-state index contributed by atoms with van der Waals surface area (Å²) in [5, 5.41) is 14.9. The van der Waals surface area contributed by atoms with Crippen LogP contribution < -0.4 is 10.6 Å². The van der Waals surface area contributed by atoms with Crippen LogP contribution >= 0.6 is 0 Å². The van der Waals surface area contributed by atoms with E-state index in [0.29, 0.717) is 30.4 Å². The molecule has 2 amide bonds. The van der Waals surface area contributed by atoms with Gasteiger partial charge in [-0.1, -0.05) is 6.07 Å². The van der Waals surface area contributed by atoms with E-state index in [0.717, 1.165) is 6.54 Å². The summed E-state index contributed by atoms with van der Waals surface area (Å²) in [6.45, 7) is 4.26. The van der Waals surface area contributed by atoms with Gasteiger partial charge in [-0.05, 0) is 25.1 Å². The molecule has 18 heavy (non-hydrogen) atoms. The number of carbonyl (C=O) groups is 1. The maximum absolute atomic E-state index is 12.0.